The number of anilines is 1. The van der Waals surface area contributed by atoms with Crippen molar-refractivity contribution in [2.45, 2.75) is 39.2 Å². The van der Waals surface area contributed by atoms with E-state index in [0.29, 0.717) is 23.8 Å². The van der Waals surface area contributed by atoms with E-state index in [9.17, 15) is 4.39 Å². The SMILES string of the molecule is CC1CCCC(COCc2ccc(N)cc2F)C1. The number of hydrogen-bond acceptors (Lipinski definition) is 2. The maximum Gasteiger partial charge on any atom is 0.130 e. The lowest BCUT2D eigenvalue weighted by molar-refractivity contribution is 0.0643. The van der Waals surface area contributed by atoms with Crippen molar-refractivity contribution < 1.29 is 9.13 Å². The second-order valence-corrected chi connectivity index (χ2v) is 5.50. The molecule has 2 nitrogen and oxygen atoms in total. The van der Waals surface area contributed by atoms with Gasteiger partial charge in [-0.1, -0.05) is 25.8 Å². The topological polar surface area (TPSA) is 35.2 Å². The molecule has 2 unspecified atom stereocenters. The molecular formula is C15H22FNO. The van der Waals surface area contributed by atoms with E-state index in [1.165, 1.54) is 31.7 Å². The minimum Gasteiger partial charge on any atom is -0.399 e. The fourth-order valence-electron chi connectivity index (χ4n) is 2.73. The van der Waals surface area contributed by atoms with E-state index in [1.807, 2.05) is 0 Å². The molecule has 3 heteroatoms. The Morgan fingerprint density at radius 3 is 2.94 bits per heavy atom. The van der Waals surface area contributed by atoms with Crippen LogP contribution in [0.2, 0.25) is 0 Å². The molecule has 1 fully saturated rings. The summed E-state index contributed by atoms with van der Waals surface area (Å²) in [5.74, 6) is 1.18. The third kappa shape index (κ3) is 3.70. The molecule has 2 atom stereocenters. The average Bonchev–Trinajstić information content (AvgIpc) is 2.32. The Morgan fingerprint density at radius 2 is 2.22 bits per heavy atom. The van der Waals surface area contributed by atoms with Crippen LogP contribution >= 0.6 is 0 Å². The van der Waals surface area contributed by atoms with Crippen molar-refractivity contribution in [3.8, 4) is 0 Å². The molecule has 18 heavy (non-hydrogen) atoms. The van der Waals surface area contributed by atoms with E-state index in [1.54, 1.807) is 12.1 Å². The Kier molecular flexibility index (Phi) is 4.59. The van der Waals surface area contributed by atoms with Crippen LogP contribution in [0.25, 0.3) is 0 Å². The molecule has 1 aromatic carbocycles. The highest BCUT2D eigenvalue weighted by atomic mass is 19.1. The summed E-state index contributed by atoms with van der Waals surface area (Å²) in [6.07, 6.45) is 5.12. The van der Waals surface area contributed by atoms with Crippen LogP contribution in [0, 0.1) is 17.7 Å². The minimum atomic E-state index is -0.271. The monoisotopic (exact) mass is 251 g/mol. The molecule has 100 valence electrons. The average molecular weight is 251 g/mol. The molecule has 1 saturated carbocycles. The van der Waals surface area contributed by atoms with E-state index in [2.05, 4.69) is 6.92 Å². The first-order chi connectivity index (χ1) is 8.65. The van der Waals surface area contributed by atoms with Gasteiger partial charge in [0.25, 0.3) is 0 Å². The van der Waals surface area contributed by atoms with Crippen LogP contribution < -0.4 is 5.73 Å². The van der Waals surface area contributed by atoms with Crippen LogP contribution in [0.1, 0.15) is 38.2 Å². The van der Waals surface area contributed by atoms with Crippen LogP contribution in [0.15, 0.2) is 18.2 Å². The molecular weight excluding hydrogens is 229 g/mol. The Balaban J connectivity index is 1.77. The highest BCUT2D eigenvalue weighted by Crippen LogP contribution is 2.28. The van der Waals surface area contributed by atoms with Crippen molar-refractivity contribution in [2.75, 3.05) is 12.3 Å². The van der Waals surface area contributed by atoms with E-state index >= 15 is 0 Å². The van der Waals surface area contributed by atoms with Gasteiger partial charge in [0.05, 0.1) is 6.61 Å². The molecule has 0 aliphatic heterocycles. The van der Waals surface area contributed by atoms with Crippen molar-refractivity contribution in [1.82, 2.24) is 0 Å². The van der Waals surface area contributed by atoms with Gasteiger partial charge >= 0.3 is 0 Å². The summed E-state index contributed by atoms with van der Waals surface area (Å²) in [4.78, 5) is 0. The van der Waals surface area contributed by atoms with E-state index < -0.39 is 0 Å². The molecule has 0 radical (unpaired) electrons. The second kappa shape index (κ2) is 6.19. The normalized spacial score (nSPS) is 24.1. The van der Waals surface area contributed by atoms with Crippen molar-refractivity contribution in [1.29, 1.82) is 0 Å². The number of rotatable bonds is 4. The Labute approximate surface area is 108 Å². The molecule has 2 N–H and O–H groups in total. The molecule has 0 heterocycles. The number of nitrogens with two attached hydrogens (primary N) is 1. The number of nitrogen functional groups attached to an aromatic ring is 1. The maximum atomic E-state index is 13.5. The van der Waals surface area contributed by atoms with E-state index in [-0.39, 0.29) is 5.82 Å². The van der Waals surface area contributed by atoms with Gasteiger partial charge in [0.1, 0.15) is 5.82 Å². The van der Waals surface area contributed by atoms with Gasteiger partial charge < -0.3 is 10.5 Å². The molecule has 0 aromatic heterocycles. The number of halogens is 1. The van der Waals surface area contributed by atoms with E-state index in [0.717, 1.165) is 12.5 Å². The summed E-state index contributed by atoms with van der Waals surface area (Å²) in [5, 5.41) is 0. The zero-order chi connectivity index (χ0) is 13.0. The lowest BCUT2D eigenvalue weighted by Crippen LogP contribution is -2.18. The van der Waals surface area contributed by atoms with E-state index in [4.69, 9.17) is 10.5 Å². The largest absolute Gasteiger partial charge is 0.399 e. The molecule has 2 rings (SSSR count). The smallest absolute Gasteiger partial charge is 0.130 e. The number of hydrogen-bond donors (Lipinski definition) is 1. The lowest BCUT2D eigenvalue weighted by atomic mass is 9.83. The highest BCUT2D eigenvalue weighted by Gasteiger charge is 2.18. The highest BCUT2D eigenvalue weighted by molar-refractivity contribution is 5.40. The summed E-state index contributed by atoms with van der Waals surface area (Å²) in [6.45, 7) is 3.39. The summed E-state index contributed by atoms with van der Waals surface area (Å²) in [6, 6.07) is 4.76. The van der Waals surface area contributed by atoms with Gasteiger partial charge in [0.2, 0.25) is 0 Å². The number of benzene rings is 1. The quantitative estimate of drug-likeness (QED) is 0.827. The third-order valence-electron chi connectivity index (χ3n) is 3.73. The summed E-state index contributed by atoms with van der Waals surface area (Å²) in [5.41, 5.74) is 6.55. The van der Waals surface area contributed by atoms with Crippen molar-refractivity contribution in [3.05, 3.63) is 29.6 Å². The first-order valence-electron chi connectivity index (χ1n) is 6.77. The molecule has 1 aromatic rings. The zero-order valence-corrected chi connectivity index (χ0v) is 11.0. The van der Waals surface area contributed by atoms with Gasteiger partial charge in [0, 0.05) is 17.9 Å². The summed E-state index contributed by atoms with van der Waals surface area (Å²) >= 11 is 0. The second-order valence-electron chi connectivity index (χ2n) is 5.50. The molecule has 0 spiro atoms. The fraction of sp³-hybridized carbons (Fsp3) is 0.600. The predicted octanol–water partition coefficient (Wildman–Crippen LogP) is 3.75. The van der Waals surface area contributed by atoms with Gasteiger partial charge in [-0.3, -0.25) is 0 Å². The van der Waals surface area contributed by atoms with Crippen LogP contribution in [0.5, 0.6) is 0 Å². The first kappa shape index (κ1) is 13.3. The fourth-order valence-corrected chi connectivity index (χ4v) is 2.73. The van der Waals surface area contributed by atoms with Gasteiger partial charge in [-0.05, 0) is 36.8 Å². The minimum absolute atomic E-state index is 0.271. The van der Waals surface area contributed by atoms with Crippen molar-refractivity contribution in [2.24, 2.45) is 11.8 Å². The Morgan fingerprint density at radius 1 is 1.39 bits per heavy atom. The molecule has 0 saturated heterocycles. The Hall–Kier alpha value is -1.09. The van der Waals surface area contributed by atoms with Gasteiger partial charge in [-0.2, -0.15) is 0 Å². The van der Waals surface area contributed by atoms with Crippen LogP contribution in [-0.2, 0) is 11.3 Å². The Bertz CT molecular complexity index is 394. The van der Waals surface area contributed by atoms with Crippen LogP contribution in [0.4, 0.5) is 10.1 Å². The zero-order valence-electron chi connectivity index (χ0n) is 11.0. The molecule has 1 aliphatic carbocycles. The lowest BCUT2D eigenvalue weighted by Gasteiger charge is -2.26. The van der Waals surface area contributed by atoms with Crippen LogP contribution in [-0.4, -0.2) is 6.61 Å². The predicted molar refractivity (Wildman–Crippen MR) is 71.6 cm³/mol. The maximum absolute atomic E-state index is 13.5. The summed E-state index contributed by atoms with van der Waals surface area (Å²) in [7, 11) is 0. The van der Waals surface area contributed by atoms with Crippen molar-refractivity contribution >= 4 is 5.69 Å². The molecule has 1 aliphatic rings. The standard InChI is InChI=1S/C15H22FNO/c1-11-3-2-4-12(7-11)9-18-10-13-5-6-14(17)8-15(13)16/h5-6,8,11-12H,2-4,7,9-10,17H2,1H3. The third-order valence-corrected chi connectivity index (χ3v) is 3.73. The molecule has 0 bridgehead atoms. The first-order valence-corrected chi connectivity index (χ1v) is 6.77. The van der Waals surface area contributed by atoms with Gasteiger partial charge in [-0.15, -0.1) is 0 Å². The summed E-state index contributed by atoms with van der Waals surface area (Å²) < 4.78 is 19.2. The van der Waals surface area contributed by atoms with Crippen molar-refractivity contribution in [3.63, 3.8) is 0 Å². The number of ether oxygens (including phenoxy) is 1. The molecule has 0 amide bonds. The van der Waals surface area contributed by atoms with Gasteiger partial charge in [-0.25, -0.2) is 4.39 Å². The van der Waals surface area contributed by atoms with Gasteiger partial charge in [0.15, 0.2) is 0 Å². The van der Waals surface area contributed by atoms with Crippen LogP contribution in [0.3, 0.4) is 0 Å².